The summed E-state index contributed by atoms with van der Waals surface area (Å²) in [7, 11) is 0. The van der Waals surface area contributed by atoms with Crippen LogP contribution in [0, 0.1) is 10.1 Å². The van der Waals surface area contributed by atoms with Crippen LogP contribution in [0.1, 0.15) is 10.4 Å². The van der Waals surface area contributed by atoms with Gasteiger partial charge in [0.15, 0.2) is 0 Å². The van der Waals surface area contributed by atoms with Gasteiger partial charge in [-0.25, -0.2) is 0 Å². The van der Waals surface area contributed by atoms with E-state index < -0.39 is 4.92 Å². The van der Waals surface area contributed by atoms with Crippen LogP contribution in [0.25, 0.3) is 11.1 Å². The molecule has 3 aromatic rings. The summed E-state index contributed by atoms with van der Waals surface area (Å²) in [6, 6.07) is 22.9. The van der Waals surface area contributed by atoms with Gasteiger partial charge in [-0.1, -0.05) is 54.6 Å². The Labute approximate surface area is 138 Å². The van der Waals surface area contributed by atoms with Crippen molar-refractivity contribution in [2.24, 2.45) is 0 Å². The SMILES string of the molecule is O=C(Nc1ccccc1[N+](=O)[O-])c1cccc(-c2ccccc2)c1. The standard InChI is InChI=1S/C19H14N2O3/c22-19(20-17-11-4-5-12-18(17)21(23)24)16-10-6-9-15(13-16)14-7-2-1-3-8-14/h1-13H,(H,20,22). The fourth-order valence-electron chi connectivity index (χ4n) is 2.40. The number of nitro benzene ring substituents is 1. The molecule has 5 heteroatoms. The summed E-state index contributed by atoms with van der Waals surface area (Å²) in [4.78, 5) is 23.0. The predicted molar refractivity (Wildman–Crippen MR) is 92.9 cm³/mol. The molecule has 0 bridgehead atoms. The third-order valence-electron chi connectivity index (χ3n) is 3.58. The molecule has 0 aliphatic heterocycles. The number of amides is 1. The maximum atomic E-state index is 12.4. The largest absolute Gasteiger partial charge is 0.316 e. The fraction of sp³-hybridized carbons (Fsp3) is 0. The zero-order valence-electron chi connectivity index (χ0n) is 12.7. The lowest BCUT2D eigenvalue weighted by molar-refractivity contribution is -0.383. The molecular formula is C19H14N2O3. The summed E-state index contributed by atoms with van der Waals surface area (Å²) in [5.74, 6) is -0.387. The molecular weight excluding hydrogens is 304 g/mol. The van der Waals surface area contributed by atoms with E-state index in [-0.39, 0.29) is 17.3 Å². The van der Waals surface area contributed by atoms with Crippen molar-refractivity contribution in [3.63, 3.8) is 0 Å². The molecule has 0 heterocycles. The van der Waals surface area contributed by atoms with Crippen LogP contribution < -0.4 is 5.32 Å². The van der Waals surface area contributed by atoms with Gasteiger partial charge >= 0.3 is 0 Å². The van der Waals surface area contributed by atoms with Gasteiger partial charge in [0.25, 0.3) is 11.6 Å². The molecule has 118 valence electrons. The molecule has 5 nitrogen and oxygen atoms in total. The van der Waals surface area contributed by atoms with Crippen LogP contribution in [0.4, 0.5) is 11.4 Å². The van der Waals surface area contributed by atoms with E-state index >= 15 is 0 Å². The molecule has 0 saturated carbocycles. The highest BCUT2D eigenvalue weighted by Gasteiger charge is 2.15. The van der Waals surface area contributed by atoms with Gasteiger partial charge in [0, 0.05) is 11.6 Å². The third kappa shape index (κ3) is 3.30. The molecule has 0 radical (unpaired) electrons. The molecule has 0 aromatic heterocycles. The van der Waals surface area contributed by atoms with E-state index in [0.717, 1.165) is 11.1 Å². The van der Waals surface area contributed by atoms with E-state index in [0.29, 0.717) is 5.56 Å². The summed E-state index contributed by atoms with van der Waals surface area (Å²) >= 11 is 0. The first-order valence-electron chi connectivity index (χ1n) is 7.35. The molecule has 0 unspecified atom stereocenters. The smallest absolute Gasteiger partial charge is 0.292 e. The van der Waals surface area contributed by atoms with Gasteiger partial charge in [-0.15, -0.1) is 0 Å². The molecule has 0 fully saturated rings. The molecule has 0 aliphatic rings. The lowest BCUT2D eigenvalue weighted by Gasteiger charge is -2.08. The molecule has 24 heavy (non-hydrogen) atoms. The molecule has 3 rings (SSSR count). The first-order chi connectivity index (χ1) is 11.6. The Kier molecular flexibility index (Phi) is 4.34. The van der Waals surface area contributed by atoms with E-state index in [1.807, 2.05) is 36.4 Å². The van der Waals surface area contributed by atoms with Gasteiger partial charge in [0.05, 0.1) is 4.92 Å². The minimum absolute atomic E-state index is 0.134. The Hall–Kier alpha value is -3.47. The number of hydrogen-bond acceptors (Lipinski definition) is 3. The molecule has 0 saturated heterocycles. The van der Waals surface area contributed by atoms with Crippen molar-refractivity contribution in [2.45, 2.75) is 0 Å². The average Bonchev–Trinajstić information content (AvgIpc) is 2.63. The molecule has 3 aromatic carbocycles. The number of benzene rings is 3. The summed E-state index contributed by atoms with van der Waals surface area (Å²) in [5, 5.41) is 13.6. The second kappa shape index (κ2) is 6.75. The van der Waals surface area contributed by atoms with Crippen molar-refractivity contribution in [1.29, 1.82) is 0 Å². The molecule has 0 spiro atoms. The summed E-state index contributed by atoms with van der Waals surface area (Å²) in [6.07, 6.45) is 0. The maximum Gasteiger partial charge on any atom is 0.292 e. The Morgan fingerprint density at radius 2 is 1.50 bits per heavy atom. The minimum atomic E-state index is -0.518. The predicted octanol–water partition coefficient (Wildman–Crippen LogP) is 4.51. The van der Waals surface area contributed by atoms with Crippen LogP contribution in [0.2, 0.25) is 0 Å². The number of anilines is 1. The van der Waals surface area contributed by atoms with Crippen molar-refractivity contribution in [3.8, 4) is 11.1 Å². The van der Waals surface area contributed by atoms with Crippen LogP contribution in [0.5, 0.6) is 0 Å². The lowest BCUT2D eigenvalue weighted by Crippen LogP contribution is -2.13. The Balaban J connectivity index is 1.88. The second-order valence-corrected chi connectivity index (χ2v) is 5.18. The zero-order chi connectivity index (χ0) is 16.9. The fourth-order valence-corrected chi connectivity index (χ4v) is 2.40. The number of carbonyl (C=O) groups is 1. The third-order valence-corrected chi connectivity index (χ3v) is 3.58. The van der Waals surface area contributed by atoms with Gasteiger partial charge < -0.3 is 5.32 Å². The van der Waals surface area contributed by atoms with E-state index in [9.17, 15) is 14.9 Å². The molecule has 1 amide bonds. The van der Waals surface area contributed by atoms with E-state index in [4.69, 9.17) is 0 Å². The maximum absolute atomic E-state index is 12.4. The van der Waals surface area contributed by atoms with Crippen LogP contribution in [-0.4, -0.2) is 10.8 Å². The van der Waals surface area contributed by atoms with Crippen LogP contribution in [0.3, 0.4) is 0 Å². The topological polar surface area (TPSA) is 72.2 Å². The monoisotopic (exact) mass is 318 g/mol. The van der Waals surface area contributed by atoms with E-state index in [1.54, 1.807) is 30.3 Å². The summed E-state index contributed by atoms with van der Waals surface area (Å²) in [6.45, 7) is 0. The zero-order valence-corrected chi connectivity index (χ0v) is 12.7. The molecule has 1 N–H and O–H groups in total. The van der Waals surface area contributed by atoms with E-state index in [1.165, 1.54) is 12.1 Å². The number of nitrogens with one attached hydrogen (secondary N) is 1. The Bertz CT molecular complexity index is 892. The molecule has 0 atom stereocenters. The van der Waals surface area contributed by atoms with Gasteiger partial charge in [0.1, 0.15) is 5.69 Å². The number of hydrogen-bond donors (Lipinski definition) is 1. The highest BCUT2D eigenvalue weighted by atomic mass is 16.6. The summed E-state index contributed by atoms with van der Waals surface area (Å²) in [5.41, 5.74) is 2.39. The van der Waals surface area contributed by atoms with Crippen molar-refractivity contribution in [3.05, 3.63) is 94.5 Å². The number of nitrogens with zero attached hydrogens (tertiary/aromatic N) is 1. The second-order valence-electron chi connectivity index (χ2n) is 5.18. The van der Waals surface area contributed by atoms with Crippen LogP contribution in [-0.2, 0) is 0 Å². The van der Waals surface area contributed by atoms with Crippen molar-refractivity contribution < 1.29 is 9.72 Å². The average molecular weight is 318 g/mol. The number of para-hydroxylation sites is 2. The van der Waals surface area contributed by atoms with Gasteiger partial charge in [0.2, 0.25) is 0 Å². The summed E-state index contributed by atoms with van der Waals surface area (Å²) < 4.78 is 0. The number of rotatable bonds is 4. The minimum Gasteiger partial charge on any atom is -0.316 e. The van der Waals surface area contributed by atoms with Gasteiger partial charge in [-0.3, -0.25) is 14.9 Å². The first kappa shape index (κ1) is 15.4. The number of nitro groups is 1. The van der Waals surface area contributed by atoms with E-state index in [2.05, 4.69) is 5.32 Å². The van der Waals surface area contributed by atoms with Crippen LogP contribution >= 0.6 is 0 Å². The lowest BCUT2D eigenvalue weighted by atomic mass is 10.0. The van der Waals surface area contributed by atoms with Crippen molar-refractivity contribution in [1.82, 2.24) is 0 Å². The van der Waals surface area contributed by atoms with Gasteiger partial charge in [-0.2, -0.15) is 0 Å². The van der Waals surface area contributed by atoms with Gasteiger partial charge in [-0.05, 0) is 29.3 Å². The highest BCUT2D eigenvalue weighted by molar-refractivity contribution is 6.06. The first-order valence-corrected chi connectivity index (χ1v) is 7.35. The van der Waals surface area contributed by atoms with Crippen LogP contribution in [0.15, 0.2) is 78.9 Å². The Morgan fingerprint density at radius 1 is 0.833 bits per heavy atom. The normalized spacial score (nSPS) is 10.2. The Morgan fingerprint density at radius 3 is 2.25 bits per heavy atom. The van der Waals surface area contributed by atoms with Crippen molar-refractivity contribution >= 4 is 17.3 Å². The van der Waals surface area contributed by atoms with Crippen molar-refractivity contribution in [2.75, 3.05) is 5.32 Å². The quantitative estimate of drug-likeness (QED) is 0.568. The highest BCUT2D eigenvalue weighted by Crippen LogP contribution is 2.25. The number of carbonyl (C=O) groups excluding carboxylic acids is 1. The molecule has 0 aliphatic carbocycles.